The molecule has 3 rings (SSSR count). The lowest BCUT2D eigenvalue weighted by molar-refractivity contribution is -0.142. The van der Waals surface area contributed by atoms with E-state index in [-0.39, 0.29) is 12.4 Å². The minimum atomic E-state index is -0.225. The van der Waals surface area contributed by atoms with E-state index < -0.39 is 0 Å². The summed E-state index contributed by atoms with van der Waals surface area (Å²) in [6.45, 7) is 2.20. The van der Waals surface area contributed by atoms with Gasteiger partial charge in [0.25, 0.3) is 0 Å². The number of aromatic nitrogens is 1. The molecular formula is C16H13BrClNO2. The summed E-state index contributed by atoms with van der Waals surface area (Å²) < 4.78 is 5.89. The Morgan fingerprint density at radius 1 is 1.29 bits per heavy atom. The summed E-state index contributed by atoms with van der Waals surface area (Å²) in [6, 6.07) is 9.69. The van der Waals surface area contributed by atoms with Crippen molar-refractivity contribution in [3.8, 4) is 0 Å². The van der Waals surface area contributed by atoms with E-state index in [0.717, 1.165) is 31.8 Å². The second-order valence-corrected chi connectivity index (χ2v) is 5.99. The minimum absolute atomic E-state index is 0.225. The first-order valence-electron chi connectivity index (χ1n) is 6.64. The molecule has 0 bridgehead atoms. The van der Waals surface area contributed by atoms with Crippen LogP contribution in [0.5, 0.6) is 0 Å². The fraction of sp³-hybridized carbons (Fsp3) is 0.188. The first kappa shape index (κ1) is 14.4. The molecule has 0 fully saturated rings. The summed E-state index contributed by atoms with van der Waals surface area (Å²) in [4.78, 5) is 15.0. The second kappa shape index (κ2) is 5.70. The third-order valence-electron chi connectivity index (χ3n) is 3.39. The smallest absolute Gasteiger partial charge is 0.310 e. The number of rotatable bonds is 3. The van der Waals surface area contributed by atoms with E-state index >= 15 is 0 Å². The SMILES string of the molecule is CCOC(=O)Cc1ccc2c([nH]c3ccc(Cl)cc32)c1Br. The Morgan fingerprint density at radius 3 is 2.86 bits per heavy atom. The first-order valence-corrected chi connectivity index (χ1v) is 7.81. The van der Waals surface area contributed by atoms with Crippen LogP contribution in [0.25, 0.3) is 21.8 Å². The number of benzene rings is 2. The number of carbonyl (C=O) groups excluding carboxylic acids is 1. The molecule has 108 valence electrons. The Bertz CT molecular complexity index is 841. The Kier molecular flexibility index (Phi) is 3.91. The van der Waals surface area contributed by atoms with Crippen LogP contribution in [0.1, 0.15) is 12.5 Å². The number of nitrogens with one attached hydrogen (secondary N) is 1. The van der Waals surface area contributed by atoms with Gasteiger partial charge < -0.3 is 9.72 Å². The van der Waals surface area contributed by atoms with Gasteiger partial charge in [0.2, 0.25) is 0 Å². The number of hydrogen-bond acceptors (Lipinski definition) is 2. The van der Waals surface area contributed by atoms with E-state index in [1.54, 1.807) is 6.92 Å². The molecule has 0 saturated heterocycles. The number of aromatic amines is 1. The van der Waals surface area contributed by atoms with Gasteiger partial charge in [-0.25, -0.2) is 0 Å². The molecule has 0 aliphatic rings. The summed E-state index contributed by atoms with van der Waals surface area (Å²) in [6.07, 6.45) is 0.250. The van der Waals surface area contributed by atoms with Crippen molar-refractivity contribution in [2.45, 2.75) is 13.3 Å². The molecule has 0 spiro atoms. The Morgan fingerprint density at radius 2 is 2.10 bits per heavy atom. The molecule has 0 aliphatic carbocycles. The first-order chi connectivity index (χ1) is 10.1. The van der Waals surface area contributed by atoms with Gasteiger partial charge in [-0.15, -0.1) is 0 Å². The maximum Gasteiger partial charge on any atom is 0.310 e. The van der Waals surface area contributed by atoms with Crippen LogP contribution in [0, 0.1) is 0 Å². The van der Waals surface area contributed by atoms with E-state index in [4.69, 9.17) is 16.3 Å². The van der Waals surface area contributed by atoms with E-state index in [1.165, 1.54) is 0 Å². The highest BCUT2D eigenvalue weighted by Gasteiger charge is 2.13. The summed E-state index contributed by atoms with van der Waals surface area (Å²) in [5.74, 6) is -0.225. The average molecular weight is 367 g/mol. The van der Waals surface area contributed by atoms with E-state index in [2.05, 4.69) is 20.9 Å². The molecule has 0 amide bonds. The van der Waals surface area contributed by atoms with E-state index in [9.17, 15) is 4.79 Å². The highest BCUT2D eigenvalue weighted by Crippen LogP contribution is 2.34. The van der Waals surface area contributed by atoms with Gasteiger partial charge in [0.05, 0.1) is 18.5 Å². The fourth-order valence-electron chi connectivity index (χ4n) is 2.45. The van der Waals surface area contributed by atoms with Crippen molar-refractivity contribution in [2.24, 2.45) is 0 Å². The van der Waals surface area contributed by atoms with Gasteiger partial charge in [0, 0.05) is 25.8 Å². The van der Waals surface area contributed by atoms with Gasteiger partial charge in [0.1, 0.15) is 0 Å². The number of fused-ring (bicyclic) bond motifs is 3. The maximum absolute atomic E-state index is 11.6. The van der Waals surface area contributed by atoms with Crippen LogP contribution >= 0.6 is 27.5 Å². The van der Waals surface area contributed by atoms with Crippen molar-refractivity contribution in [2.75, 3.05) is 6.61 Å². The van der Waals surface area contributed by atoms with Gasteiger partial charge >= 0.3 is 5.97 Å². The predicted molar refractivity (Wildman–Crippen MR) is 88.9 cm³/mol. The van der Waals surface area contributed by atoms with Crippen molar-refractivity contribution in [1.29, 1.82) is 0 Å². The third kappa shape index (κ3) is 2.65. The predicted octanol–water partition coefficient (Wildman–Crippen LogP) is 4.84. The fourth-order valence-corrected chi connectivity index (χ4v) is 3.21. The standard InChI is InChI=1S/C16H13BrClNO2/c1-2-21-14(20)7-9-3-5-11-12-8-10(18)4-6-13(12)19-16(11)15(9)17/h3-6,8,19H,2,7H2,1H3. The van der Waals surface area contributed by atoms with Gasteiger partial charge in [-0.1, -0.05) is 23.7 Å². The normalized spacial score (nSPS) is 11.2. The largest absolute Gasteiger partial charge is 0.466 e. The molecule has 3 aromatic rings. The van der Waals surface area contributed by atoms with Crippen LogP contribution in [-0.2, 0) is 16.0 Å². The number of carbonyl (C=O) groups is 1. The Labute approximate surface area is 135 Å². The summed E-state index contributed by atoms with van der Waals surface area (Å²) >= 11 is 9.65. The molecule has 3 nitrogen and oxygen atoms in total. The maximum atomic E-state index is 11.6. The zero-order valence-corrected chi connectivity index (χ0v) is 13.7. The molecule has 0 atom stereocenters. The summed E-state index contributed by atoms with van der Waals surface area (Å²) in [5, 5.41) is 2.85. The lowest BCUT2D eigenvalue weighted by atomic mass is 10.1. The molecule has 5 heteroatoms. The van der Waals surface area contributed by atoms with E-state index in [1.807, 2.05) is 30.3 Å². The highest BCUT2D eigenvalue weighted by molar-refractivity contribution is 9.10. The number of H-pyrrole nitrogens is 1. The average Bonchev–Trinajstić information content (AvgIpc) is 2.81. The zero-order valence-electron chi connectivity index (χ0n) is 11.4. The van der Waals surface area contributed by atoms with Crippen LogP contribution in [0.4, 0.5) is 0 Å². The van der Waals surface area contributed by atoms with Crippen LogP contribution in [0.15, 0.2) is 34.8 Å². The van der Waals surface area contributed by atoms with E-state index in [0.29, 0.717) is 11.6 Å². The Hall–Kier alpha value is -1.52. The summed E-state index contributed by atoms with van der Waals surface area (Å²) in [7, 11) is 0. The summed E-state index contributed by atoms with van der Waals surface area (Å²) in [5.41, 5.74) is 2.89. The van der Waals surface area contributed by atoms with Gasteiger partial charge in [-0.3, -0.25) is 4.79 Å². The van der Waals surface area contributed by atoms with Crippen molar-refractivity contribution < 1.29 is 9.53 Å². The lowest BCUT2D eigenvalue weighted by Crippen LogP contribution is -2.07. The van der Waals surface area contributed by atoms with Crippen molar-refractivity contribution in [3.63, 3.8) is 0 Å². The van der Waals surface area contributed by atoms with Crippen molar-refractivity contribution in [3.05, 3.63) is 45.4 Å². The second-order valence-electron chi connectivity index (χ2n) is 4.76. The molecule has 0 unspecified atom stereocenters. The highest BCUT2D eigenvalue weighted by atomic mass is 79.9. The molecule has 1 N–H and O–H groups in total. The van der Waals surface area contributed by atoms with Gasteiger partial charge in [-0.05, 0) is 46.6 Å². The van der Waals surface area contributed by atoms with Crippen LogP contribution < -0.4 is 0 Å². The topological polar surface area (TPSA) is 42.1 Å². The third-order valence-corrected chi connectivity index (χ3v) is 4.53. The molecule has 1 heterocycles. The van der Waals surface area contributed by atoms with Crippen molar-refractivity contribution >= 4 is 55.3 Å². The monoisotopic (exact) mass is 365 g/mol. The molecule has 0 saturated carbocycles. The number of halogens is 2. The number of hydrogen-bond donors (Lipinski definition) is 1. The van der Waals surface area contributed by atoms with Crippen LogP contribution in [0.3, 0.4) is 0 Å². The molecule has 0 aliphatic heterocycles. The van der Waals surface area contributed by atoms with Crippen LogP contribution in [0.2, 0.25) is 5.02 Å². The van der Waals surface area contributed by atoms with Crippen molar-refractivity contribution in [1.82, 2.24) is 4.98 Å². The molecule has 2 aromatic carbocycles. The van der Waals surface area contributed by atoms with Crippen LogP contribution in [-0.4, -0.2) is 17.6 Å². The Balaban J connectivity index is 2.12. The molecular weight excluding hydrogens is 354 g/mol. The van der Waals surface area contributed by atoms with Gasteiger partial charge in [0.15, 0.2) is 0 Å². The quantitative estimate of drug-likeness (QED) is 0.674. The number of ether oxygens (including phenoxy) is 1. The molecule has 21 heavy (non-hydrogen) atoms. The number of esters is 1. The zero-order chi connectivity index (χ0) is 15.0. The minimum Gasteiger partial charge on any atom is -0.466 e. The molecule has 1 aromatic heterocycles. The van der Waals surface area contributed by atoms with Gasteiger partial charge in [-0.2, -0.15) is 0 Å². The lowest BCUT2D eigenvalue weighted by Gasteiger charge is -2.05. The molecule has 0 radical (unpaired) electrons.